The first-order chi connectivity index (χ1) is 11.9. The molecule has 0 saturated heterocycles. The maximum Gasteiger partial charge on any atom is 0.354 e. The van der Waals surface area contributed by atoms with E-state index < -0.39 is 0 Å². The summed E-state index contributed by atoms with van der Waals surface area (Å²) in [6, 6.07) is 8.69. The van der Waals surface area contributed by atoms with Crippen LogP contribution in [0.3, 0.4) is 0 Å². The van der Waals surface area contributed by atoms with E-state index in [2.05, 4.69) is 29.9 Å². The van der Waals surface area contributed by atoms with Crippen LogP contribution in [0.4, 0.5) is 5.82 Å². The van der Waals surface area contributed by atoms with Crippen molar-refractivity contribution in [2.75, 3.05) is 12.8 Å². The molecule has 3 rings (SSSR count). The number of nitrogens with zero attached hydrogens (tertiary/aromatic N) is 3. The van der Waals surface area contributed by atoms with E-state index in [1.54, 1.807) is 12.3 Å². The van der Waals surface area contributed by atoms with Crippen LogP contribution in [0.25, 0.3) is 5.69 Å². The van der Waals surface area contributed by atoms with E-state index in [0.717, 1.165) is 25.1 Å². The molecule has 1 fully saturated rings. The first-order valence-electron chi connectivity index (χ1n) is 8.85. The standard InChI is InChI=1S/C19H27N5O/c1-13-11-17(24-10-9-18(21)22-19(24)25)6-3-14(13)12-23(2)16-7-4-15(20)5-8-16/h3,6,9-11,15-16H,4-5,7-8,12,20H2,1-2H3,(H2,21,22,25). The molecule has 2 aromatic rings. The highest BCUT2D eigenvalue weighted by atomic mass is 16.1. The van der Waals surface area contributed by atoms with Crippen LogP contribution >= 0.6 is 0 Å². The van der Waals surface area contributed by atoms with Gasteiger partial charge in [-0.05, 0) is 69.0 Å². The molecule has 1 saturated carbocycles. The van der Waals surface area contributed by atoms with Gasteiger partial charge in [-0.2, -0.15) is 4.98 Å². The van der Waals surface area contributed by atoms with Crippen LogP contribution in [0.2, 0.25) is 0 Å². The summed E-state index contributed by atoms with van der Waals surface area (Å²) in [6.45, 7) is 2.99. The fraction of sp³-hybridized carbons (Fsp3) is 0.474. The average molecular weight is 341 g/mol. The maximum atomic E-state index is 12.0. The molecule has 0 unspecified atom stereocenters. The zero-order valence-corrected chi connectivity index (χ0v) is 15.0. The second-order valence-corrected chi connectivity index (χ2v) is 7.10. The molecule has 1 aliphatic rings. The van der Waals surface area contributed by atoms with E-state index in [1.165, 1.54) is 28.5 Å². The van der Waals surface area contributed by atoms with Crippen molar-refractivity contribution in [2.24, 2.45) is 5.73 Å². The Hall–Kier alpha value is -2.18. The van der Waals surface area contributed by atoms with Crippen molar-refractivity contribution >= 4 is 5.82 Å². The Labute approximate surface area is 148 Å². The van der Waals surface area contributed by atoms with Gasteiger partial charge in [0.15, 0.2) is 0 Å². The minimum absolute atomic E-state index is 0.239. The Morgan fingerprint density at radius 1 is 1.24 bits per heavy atom. The highest BCUT2D eigenvalue weighted by Gasteiger charge is 2.22. The van der Waals surface area contributed by atoms with Gasteiger partial charge in [0.2, 0.25) is 0 Å². The predicted octanol–water partition coefficient (Wildman–Crippen LogP) is 1.82. The molecule has 0 atom stereocenters. The Morgan fingerprint density at radius 3 is 2.60 bits per heavy atom. The van der Waals surface area contributed by atoms with E-state index in [0.29, 0.717) is 12.1 Å². The molecule has 1 heterocycles. The van der Waals surface area contributed by atoms with Gasteiger partial charge in [0.25, 0.3) is 0 Å². The summed E-state index contributed by atoms with van der Waals surface area (Å²) in [7, 11) is 2.18. The van der Waals surface area contributed by atoms with Crippen LogP contribution in [0.1, 0.15) is 36.8 Å². The van der Waals surface area contributed by atoms with Crippen LogP contribution in [0.15, 0.2) is 35.3 Å². The van der Waals surface area contributed by atoms with Crippen LogP contribution in [0, 0.1) is 6.92 Å². The van der Waals surface area contributed by atoms with Crippen LogP contribution in [-0.4, -0.2) is 33.6 Å². The average Bonchev–Trinajstić information content (AvgIpc) is 2.57. The van der Waals surface area contributed by atoms with Gasteiger partial charge in [0, 0.05) is 24.8 Å². The summed E-state index contributed by atoms with van der Waals surface area (Å²) in [5.41, 5.74) is 14.5. The van der Waals surface area contributed by atoms with Crippen LogP contribution < -0.4 is 17.2 Å². The van der Waals surface area contributed by atoms with Crippen molar-refractivity contribution in [1.29, 1.82) is 0 Å². The molecule has 1 aromatic heterocycles. The molecule has 4 N–H and O–H groups in total. The Balaban J connectivity index is 1.75. The van der Waals surface area contributed by atoms with Crippen molar-refractivity contribution < 1.29 is 0 Å². The quantitative estimate of drug-likeness (QED) is 0.885. The summed E-state index contributed by atoms with van der Waals surface area (Å²) in [5, 5.41) is 0. The number of hydrogen-bond donors (Lipinski definition) is 2. The van der Waals surface area contributed by atoms with Crippen molar-refractivity contribution in [3.05, 3.63) is 52.1 Å². The number of benzene rings is 1. The number of aryl methyl sites for hydroxylation is 1. The molecule has 6 heteroatoms. The molecule has 134 valence electrons. The third-order valence-electron chi connectivity index (χ3n) is 5.21. The van der Waals surface area contributed by atoms with E-state index in [9.17, 15) is 4.79 Å². The minimum Gasteiger partial charge on any atom is -0.383 e. The van der Waals surface area contributed by atoms with Gasteiger partial charge in [-0.1, -0.05) is 6.07 Å². The monoisotopic (exact) mass is 341 g/mol. The Bertz CT molecular complexity index is 793. The third kappa shape index (κ3) is 4.08. The first-order valence-corrected chi connectivity index (χ1v) is 8.85. The second kappa shape index (κ2) is 7.37. The zero-order chi connectivity index (χ0) is 18.0. The topological polar surface area (TPSA) is 90.2 Å². The SMILES string of the molecule is Cc1cc(-n2ccc(N)nc2=O)ccc1CN(C)C1CCC(N)CC1. The van der Waals surface area contributed by atoms with Crippen molar-refractivity contribution in [3.63, 3.8) is 0 Å². The summed E-state index contributed by atoms with van der Waals surface area (Å²) in [6.07, 6.45) is 6.22. The normalized spacial score (nSPS) is 20.8. The van der Waals surface area contributed by atoms with Gasteiger partial charge >= 0.3 is 5.69 Å². The molecular weight excluding hydrogens is 314 g/mol. The molecule has 6 nitrogen and oxygen atoms in total. The van der Waals surface area contributed by atoms with E-state index in [-0.39, 0.29) is 11.5 Å². The zero-order valence-electron chi connectivity index (χ0n) is 15.0. The highest BCUT2D eigenvalue weighted by molar-refractivity contribution is 5.41. The van der Waals surface area contributed by atoms with E-state index >= 15 is 0 Å². The maximum absolute atomic E-state index is 12.0. The van der Waals surface area contributed by atoms with Crippen molar-refractivity contribution in [2.45, 2.75) is 51.2 Å². The van der Waals surface area contributed by atoms with Gasteiger partial charge < -0.3 is 11.5 Å². The third-order valence-corrected chi connectivity index (χ3v) is 5.21. The molecule has 0 aliphatic heterocycles. The van der Waals surface area contributed by atoms with Gasteiger partial charge in [-0.15, -0.1) is 0 Å². The van der Waals surface area contributed by atoms with Gasteiger partial charge in [-0.3, -0.25) is 9.47 Å². The fourth-order valence-corrected chi connectivity index (χ4v) is 3.56. The summed E-state index contributed by atoms with van der Waals surface area (Å²) < 4.78 is 1.51. The molecule has 25 heavy (non-hydrogen) atoms. The predicted molar refractivity (Wildman–Crippen MR) is 101 cm³/mol. The highest BCUT2D eigenvalue weighted by Crippen LogP contribution is 2.23. The number of anilines is 1. The molecule has 0 amide bonds. The molecule has 0 bridgehead atoms. The molecule has 1 aliphatic carbocycles. The van der Waals surface area contributed by atoms with Crippen molar-refractivity contribution in [1.82, 2.24) is 14.5 Å². The molecule has 1 aromatic carbocycles. The lowest BCUT2D eigenvalue weighted by atomic mass is 9.90. The fourth-order valence-electron chi connectivity index (χ4n) is 3.56. The lowest BCUT2D eigenvalue weighted by molar-refractivity contribution is 0.176. The molecular formula is C19H27N5O. The molecule has 0 spiro atoms. The summed E-state index contributed by atoms with van der Waals surface area (Å²) in [5.74, 6) is 0.239. The number of aromatic nitrogens is 2. The van der Waals surface area contributed by atoms with E-state index in [4.69, 9.17) is 11.5 Å². The van der Waals surface area contributed by atoms with Crippen LogP contribution in [0.5, 0.6) is 0 Å². The summed E-state index contributed by atoms with van der Waals surface area (Å²) in [4.78, 5) is 18.2. The van der Waals surface area contributed by atoms with Gasteiger partial charge in [0.05, 0.1) is 5.69 Å². The Kier molecular flexibility index (Phi) is 5.20. The number of nitrogen functional groups attached to an aromatic ring is 1. The van der Waals surface area contributed by atoms with E-state index in [1.807, 2.05) is 12.1 Å². The second-order valence-electron chi connectivity index (χ2n) is 7.10. The lowest BCUT2D eigenvalue weighted by Gasteiger charge is -2.33. The van der Waals surface area contributed by atoms with Crippen LogP contribution in [-0.2, 0) is 6.54 Å². The largest absolute Gasteiger partial charge is 0.383 e. The number of rotatable bonds is 4. The number of nitrogens with two attached hydrogens (primary N) is 2. The lowest BCUT2D eigenvalue weighted by Crippen LogP contribution is -2.38. The minimum atomic E-state index is -0.359. The first kappa shape index (κ1) is 17.6. The van der Waals surface area contributed by atoms with Gasteiger partial charge in [0.1, 0.15) is 5.82 Å². The smallest absolute Gasteiger partial charge is 0.354 e. The van der Waals surface area contributed by atoms with Gasteiger partial charge in [-0.25, -0.2) is 4.79 Å². The Morgan fingerprint density at radius 2 is 1.96 bits per heavy atom. The number of hydrogen-bond acceptors (Lipinski definition) is 5. The van der Waals surface area contributed by atoms with Crippen molar-refractivity contribution in [3.8, 4) is 5.69 Å². The summed E-state index contributed by atoms with van der Waals surface area (Å²) >= 11 is 0. The molecule has 0 radical (unpaired) electrons.